The number of rotatable bonds is 7. The molecule has 1 aromatic heterocycles. The molecule has 0 bridgehead atoms. The Morgan fingerprint density at radius 2 is 1.92 bits per heavy atom. The molecule has 0 unspecified atom stereocenters. The van der Waals surface area contributed by atoms with Crippen LogP contribution in [-0.2, 0) is 4.79 Å². The molecule has 0 aromatic carbocycles. The minimum atomic E-state index is -0.138. The number of carbonyl (C=O) groups is 1. The molecule has 0 aliphatic carbocycles. The van der Waals surface area contributed by atoms with Crippen molar-refractivity contribution in [3.05, 3.63) is 17.5 Å². The van der Waals surface area contributed by atoms with Gasteiger partial charge < -0.3 is 9.80 Å². The quantitative estimate of drug-likeness (QED) is 0.744. The van der Waals surface area contributed by atoms with Crippen LogP contribution in [0.5, 0.6) is 0 Å². The monoisotopic (exact) mass is 360 g/mol. The van der Waals surface area contributed by atoms with Crippen LogP contribution >= 0.6 is 0 Å². The van der Waals surface area contributed by atoms with E-state index < -0.39 is 0 Å². The van der Waals surface area contributed by atoms with Crippen molar-refractivity contribution in [2.75, 3.05) is 26.2 Å². The Balaban J connectivity index is 1.71. The van der Waals surface area contributed by atoms with E-state index in [1.807, 2.05) is 11.6 Å². The number of nitrogens with zero attached hydrogens (tertiary/aromatic N) is 4. The summed E-state index contributed by atoms with van der Waals surface area (Å²) in [5.41, 5.74) is 2.10. The fourth-order valence-corrected chi connectivity index (χ4v) is 4.71. The van der Waals surface area contributed by atoms with E-state index in [2.05, 4.69) is 34.8 Å². The number of aryl methyl sites for hydroxylation is 2. The van der Waals surface area contributed by atoms with Crippen molar-refractivity contribution in [1.82, 2.24) is 19.6 Å². The number of amides is 1. The molecule has 2 aliphatic heterocycles. The van der Waals surface area contributed by atoms with Crippen LogP contribution in [0.3, 0.4) is 0 Å². The second kappa shape index (κ2) is 9.03. The van der Waals surface area contributed by atoms with Crippen LogP contribution in [-0.4, -0.2) is 57.7 Å². The van der Waals surface area contributed by atoms with Crippen LogP contribution in [0.15, 0.2) is 6.07 Å². The van der Waals surface area contributed by atoms with E-state index in [4.69, 9.17) is 0 Å². The van der Waals surface area contributed by atoms with E-state index in [0.717, 1.165) is 56.6 Å². The number of aromatic nitrogens is 2. The second-order valence-corrected chi connectivity index (χ2v) is 8.19. The molecular weight excluding hydrogens is 324 g/mol. The molecule has 3 rings (SSSR count). The van der Waals surface area contributed by atoms with Crippen molar-refractivity contribution < 1.29 is 4.79 Å². The largest absolute Gasteiger partial charge is 0.338 e. The molecule has 5 heteroatoms. The lowest BCUT2D eigenvalue weighted by molar-refractivity contribution is -0.139. The Bertz CT molecular complexity index is 591. The Labute approximate surface area is 158 Å². The van der Waals surface area contributed by atoms with Crippen molar-refractivity contribution in [2.45, 2.75) is 84.2 Å². The SMILES string of the molecule is CCC[C@@H](C(=O)N1CCCC[C@@H]1CCN1CCCC1)n1nc(C)cc1C. The Kier molecular flexibility index (Phi) is 6.74. The first kappa shape index (κ1) is 19.4. The van der Waals surface area contributed by atoms with Gasteiger partial charge in [0.2, 0.25) is 5.91 Å². The summed E-state index contributed by atoms with van der Waals surface area (Å²) in [5.74, 6) is 0.296. The van der Waals surface area contributed by atoms with Gasteiger partial charge in [0, 0.05) is 24.8 Å². The molecule has 2 fully saturated rings. The smallest absolute Gasteiger partial charge is 0.247 e. The lowest BCUT2D eigenvalue weighted by Crippen LogP contribution is -2.48. The summed E-state index contributed by atoms with van der Waals surface area (Å²) in [4.78, 5) is 18.3. The van der Waals surface area contributed by atoms with Gasteiger partial charge >= 0.3 is 0 Å². The van der Waals surface area contributed by atoms with Gasteiger partial charge in [-0.25, -0.2) is 0 Å². The highest BCUT2D eigenvalue weighted by molar-refractivity contribution is 5.81. The summed E-state index contributed by atoms with van der Waals surface area (Å²) in [6.07, 6.45) is 9.23. The maximum atomic E-state index is 13.5. The maximum absolute atomic E-state index is 13.5. The van der Waals surface area contributed by atoms with Gasteiger partial charge in [0.05, 0.1) is 5.69 Å². The summed E-state index contributed by atoms with van der Waals surface area (Å²) >= 11 is 0. The van der Waals surface area contributed by atoms with E-state index in [1.165, 1.54) is 32.4 Å². The molecule has 1 aromatic rings. The highest BCUT2D eigenvalue weighted by atomic mass is 16.2. The predicted molar refractivity (Wildman–Crippen MR) is 105 cm³/mol. The Morgan fingerprint density at radius 3 is 2.58 bits per heavy atom. The van der Waals surface area contributed by atoms with Gasteiger partial charge in [0.15, 0.2) is 0 Å². The normalized spacial score (nSPS) is 22.7. The fourth-order valence-electron chi connectivity index (χ4n) is 4.71. The number of piperidine rings is 1. The third-order valence-corrected chi connectivity index (χ3v) is 6.07. The number of likely N-dealkylation sites (tertiary alicyclic amines) is 2. The Hall–Kier alpha value is -1.36. The molecule has 0 saturated carbocycles. The first-order chi connectivity index (χ1) is 12.6. The summed E-state index contributed by atoms with van der Waals surface area (Å²) in [6.45, 7) is 10.8. The molecule has 0 spiro atoms. The van der Waals surface area contributed by atoms with E-state index in [0.29, 0.717) is 11.9 Å². The molecule has 2 saturated heterocycles. The molecule has 1 amide bonds. The Morgan fingerprint density at radius 1 is 1.19 bits per heavy atom. The van der Waals surface area contributed by atoms with E-state index in [1.54, 1.807) is 0 Å². The average molecular weight is 361 g/mol. The van der Waals surface area contributed by atoms with Crippen molar-refractivity contribution >= 4 is 5.91 Å². The van der Waals surface area contributed by atoms with Crippen LogP contribution in [0.4, 0.5) is 0 Å². The highest BCUT2D eigenvalue weighted by Crippen LogP contribution is 2.27. The third kappa shape index (κ3) is 4.48. The predicted octanol–water partition coefficient (Wildman–Crippen LogP) is 3.71. The summed E-state index contributed by atoms with van der Waals surface area (Å²) in [7, 11) is 0. The highest BCUT2D eigenvalue weighted by Gasteiger charge is 2.33. The van der Waals surface area contributed by atoms with Crippen LogP contribution in [0.1, 0.15) is 75.7 Å². The number of hydrogen-bond donors (Lipinski definition) is 0. The molecule has 2 aliphatic rings. The van der Waals surface area contributed by atoms with Gasteiger partial charge in [-0.15, -0.1) is 0 Å². The molecule has 146 valence electrons. The zero-order valence-electron chi connectivity index (χ0n) is 16.9. The van der Waals surface area contributed by atoms with Crippen molar-refractivity contribution in [1.29, 1.82) is 0 Å². The maximum Gasteiger partial charge on any atom is 0.247 e. The fraction of sp³-hybridized carbons (Fsp3) is 0.810. The third-order valence-electron chi connectivity index (χ3n) is 6.07. The van der Waals surface area contributed by atoms with Crippen molar-refractivity contribution in [3.8, 4) is 0 Å². The zero-order valence-corrected chi connectivity index (χ0v) is 16.9. The van der Waals surface area contributed by atoms with Gasteiger partial charge in [-0.05, 0) is 77.9 Å². The molecule has 3 heterocycles. The molecule has 2 atom stereocenters. The first-order valence-corrected chi connectivity index (χ1v) is 10.7. The van der Waals surface area contributed by atoms with Crippen molar-refractivity contribution in [2.24, 2.45) is 0 Å². The van der Waals surface area contributed by atoms with Gasteiger partial charge in [0.25, 0.3) is 0 Å². The van der Waals surface area contributed by atoms with Gasteiger partial charge in [-0.2, -0.15) is 5.10 Å². The molecule has 0 radical (unpaired) electrons. The van der Waals surface area contributed by atoms with Crippen LogP contribution in [0.25, 0.3) is 0 Å². The van der Waals surface area contributed by atoms with E-state index >= 15 is 0 Å². The van der Waals surface area contributed by atoms with Crippen LogP contribution < -0.4 is 0 Å². The lowest BCUT2D eigenvalue weighted by atomic mass is 9.97. The standard InChI is InChI=1S/C21H36N4O/c1-4-9-20(25-18(3)16-17(2)22-25)21(26)24-14-6-5-10-19(24)11-15-23-12-7-8-13-23/h16,19-20H,4-15H2,1-3H3/t19-,20+/m1/s1. The van der Waals surface area contributed by atoms with Gasteiger partial charge in [0.1, 0.15) is 6.04 Å². The van der Waals surface area contributed by atoms with Crippen LogP contribution in [0, 0.1) is 13.8 Å². The minimum Gasteiger partial charge on any atom is -0.338 e. The second-order valence-electron chi connectivity index (χ2n) is 8.19. The van der Waals surface area contributed by atoms with E-state index in [9.17, 15) is 4.79 Å². The topological polar surface area (TPSA) is 41.4 Å². The number of hydrogen-bond acceptors (Lipinski definition) is 3. The van der Waals surface area contributed by atoms with Gasteiger partial charge in [-0.1, -0.05) is 13.3 Å². The lowest BCUT2D eigenvalue weighted by Gasteiger charge is -2.38. The summed E-state index contributed by atoms with van der Waals surface area (Å²) < 4.78 is 1.98. The summed E-state index contributed by atoms with van der Waals surface area (Å²) in [6, 6.07) is 2.35. The molecule has 5 nitrogen and oxygen atoms in total. The molecule has 0 N–H and O–H groups in total. The minimum absolute atomic E-state index is 0.138. The average Bonchev–Trinajstić information content (AvgIpc) is 3.27. The van der Waals surface area contributed by atoms with Crippen LogP contribution in [0.2, 0.25) is 0 Å². The van der Waals surface area contributed by atoms with Gasteiger partial charge in [-0.3, -0.25) is 9.48 Å². The molecular formula is C21H36N4O. The van der Waals surface area contributed by atoms with E-state index in [-0.39, 0.29) is 6.04 Å². The first-order valence-electron chi connectivity index (χ1n) is 10.7. The molecule has 26 heavy (non-hydrogen) atoms. The van der Waals surface area contributed by atoms with Crippen molar-refractivity contribution in [3.63, 3.8) is 0 Å². The number of carbonyl (C=O) groups excluding carboxylic acids is 1. The summed E-state index contributed by atoms with van der Waals surface area (Å²) in [5, 5.41) is 4.64. The zero-order chi connectivity index (χ0) is 18.5.